The van der Waals surface area contributed by atoms with Crippen molar-refractivity contribution in [1.82, 2.24) is 0 Å². The maximum absolute atomic E-state index is 11.9. The first-order valence-electron chi connectivity index (χ1n) is 4.30. The van der Waals surface area contributed by atoms with E-state index in [1.807, 2.05) is 43.3 Å². The van der Waals surface area contributed by atoms with Gasteiger partial charge in [0.25, 0.3) is 0 Å². The first-order valence-corrected chi connectivity index (χ1v) is 5.45. The van der Waals surface area contributed by atoms with Gasteiger partial charge in [-0.1, -0.05) is 18.2 Å². The molecular formula is C11H10O2S. The summed E-state index contributed by atoms with van der Waals surface area (Å²) in [4.78, 5) is 0.766. The molecule has 0 N–H and O–H groups in total. The van der Waals surface area contributed by atoms with Gasteiger partial charge in [0.05, 0.1) is 0 Å². The molecule has 1 heterocycles. The van der Waals surface area contributed by atoms with Crippen molar-refractivity contribution in [2.45, 2.75) is 16.9 Å². The zero-order chi connectivity index (χ0) is 9.97. The Morgan fingerprint density at radius 1 is 1.07 bits per heavy atom. The fourth-order valence-corrected chi connectivity index (χ4v) is 2.21. The molecule has 0 amide bonds. The van der Waals surface area contributed by atoms with Gasteiger partial charge in [-0.3, -0.25) is 0 Å². The topological polar surface area (TPSA) is 30.2 Å². The van der Waals surface area contributed by atoms with Crippen molar-refractivity contribution in [3.8, 4) is 0 Å². The fraction of sp³-hybridized carbons (Fsp3) is 0.0909. The van der Waals surface area contributed by atoms with Gasteiger partial charge in [-0.25, -0.2) is 4.21 Å². The second kappa shape index (κ2) is 3.80. The lowest BCUT2D eigenvalue weighted by Gasteiger charge is -1.96. The Balaban J connectivity index is 2.34. The maximum Gasteiger partial charge on any atom is 0.195 e. The molecule has 2 aromatic rings. The molecular weight excluding hydrogens is 196 g/mol. The van der Waals surface area contributed by atoms with Crippen molar-refractivity contribution in [1.29, 1.82) is 0 Å². The van der Waals surface area contributed by atoms with Crippen LogP contribution in [0.1, 0.15) is 5.76 Å². The molecule has 0 aliphatic heterocycles. The van der Waals surface area contributed by atoms with Crippen molar-refractivity contribution in [3.05, 3.63) is 48.2 Å². The number of furan rings is 1. The minimum atomic E-state index is -1.19. The van der Waals surface area contributed by atoms with Crippen LogP contribution in [0.5, 0.6) is 0 Å². The quantitative estimate of drug-likeness (QED) is 0.756. The third kappa shape index (κ3) is 1.77. The summed E-state index contributed by atoms with van der Waals surface area (Å²) in [7, 11) is -1.19. The van der Waals surface area contributed by atoms with Gasteiger partial charge in [-0.2, -0.15) is 0 Å². The molecule has 1 aromatic carbocycles. The lowest BCUT2D eigenvalue weighted by Crippen LogP contribution is -1.89. The summed E-state index contributed by atoms with van der Waals surface area (Å²) in [6.45, 7) is 1.84. The first-order chi connectivity index (χ1) is 6.77. The zero-order valence-electron chi connectivity index (χ0n) is 7.77. The lowest BCUT2D eigenvalue weighted by molar-refractivity contribution is 0.441. The van der Waals surface area contributed by atoms with Crippen molar-refractivity contribution >= 4 is 10.8 Å². The van der Waals surface area contributed by atoms with Gasteiger partial charge in [0.15, 0.2) is 5.09 Å². The third-order valence-electron chi connectivity index (χ3n) is 1.86. The van der Waals surface area contributed by atoms with Gasteiger partial charge in [0.1, 0.15) is 16.6 Å². The summed E-state index contributed by atoms with van der Waals surface area (Å²) in [6.07, 6.45) is 0. The highest BCUT2D eigenvalue weighted by atomic mass is 32.2. The van der Waals surface area contributed by atoms with Crippen molar-refractivity contribution in [2.24, 2.45) is 0 Å². The standard InChI is InChI=1S/C11H10O2S/c1-9-7-8-11(13-9)14(12)10-5-3-2-4-6-10/h2-8H,1H3. The molecule has 0 saturated carbocycles. The number of hydrogen-bond acceptors (Lipinski definition) is 2. The molecule has 0 bridgehead atoms. The van der Waals surface area contributed by atoms with E-state index in [0.29, 0.717) is 5.09 Å². The minimum absolute atomic E-state index is 0.508. The van der Waals surface area contributed by atoms with Gasteiger partial charge in [0, 0.05) is 4.90 Å². The maximum atomic E-state index is 11.9. The van der Waals surface area contributed by atoms with Gasteiger partial charge in [-0.05, 0) is 31.2 Å². The van der Waals surface area contributed by atoms with Gasteiger partial charge < -0.3 is 4.42 Å². The summed E-state index contributed by atoms with van der Waals surface area (Å²) < 4.78 is 17.2. The van der Waals surface area contributed by atoms with Gasteiger partial charge in [-0.15, -0.1) is 0 Å². The van der Waals surface area contributed by atoms with E-state index in [2.05, 4.69) is 0 Å². The summed E-state index contributed by atoms with van der Waals surface area (Å²) in [6, 6.07) is 12.8. The Hall–Kier alpha value is -1.35. The lowest BCUT2D eigenvalue weighted by atomic mass is 10.4. The molecule has 0 spiro atoms. The normalized spacial score (nSPS) is 12.6. The van der Waals surface area contributed by atoms with E-state index in [1.165, 1.54) is 0 Å². The van der Waals surface area contributed by atoms with Crippen LogP contribution in [0.15, 0.2) is 56.9 Å². The Bertz CT molecular complexity index is 445. The molecule has 72 valence electrons. The van der Waals surface area contributed by atoms with Crippen LogP contribution in [0, 0.1) is 6.92 Å². The van der Waals surface area contributed by atoms with Crippen LogP contribution in [0.25, 0.3) is 0 Å². The Morgan fingerprint density at radius 2 is 1.79 bits per heavy atom. The fourth-order valence-electron chi connectivity index (χ4n) is 1.17. The summed E-state index contributed by atoms with van der Waals surface area (Å²) >= 11 is 0. The van der Waals surface area contributed by atoms with Crippen LogP contribution in [-0.2, 0) is 10.8 Å². The van der Waals surface area contributed by atoms with Crippen LogP contribution < -0.4 is 0 Å². The molecule has 1 aromatic heterocycles. The molecule has 1 atom stereocenters. The average Bonchev–Trinajstić information content (AvgIpc) is 2.65. The third-order valence-corrected chi connectivity index (χ3v) is 3.14. The van der Waals surface area contributed by atoms with Gasteiger partial charge >= 0.3 is 0 Å². The second-order valence-corrected chi connectivity index (χ2v) is 4.36. The van der Waals surface area contributed by atoms with Crippen LogP contribution in [0.4, 0.5) is 0 Å². The molecule has 14 heavy (non-hydrogen) atoms. The van der Waals surface area contributed by atoms with Crippen LogP contribution in [-0.4, -0.2) is 4.21 Å². The summed E-state index contributed by atoms with van der Waals surface area (Å²) in [5, 5.41) is 0.508. The van der Waals surface area contributed by atoms with E-state index in [-0.39, 0.29) is 0 Å². The molecule has 2 rings (SSSR count). The summed E-state index contributed by atoms with van der Waals surface area (Å²) in [5.74, 6) is 0.782. The molecule has 3 heteroatoms. The molecule has 0 aliphatic carbocycles. The van der Waals surface area contributed by atoms with Crippen LogP contribution >= 0.6 is 0 Å². The van der Waals surface area contributed by atoms with E-state index in [0.717, 1.165) is 10.7 Å². The predicted octanol–water partition coefficient (Wildman–Crippen LogP) is 2.75. The van der Waals surface area contributed by atoms with E-state index < -0.39 is 10.8 Å². The second-order valence-electron chi connectivity index (χ2n) is 2.95. The highest BCUT2D eigenvalue weighted by molar-refractivity contribution is 7.85. The number of hydrogen-bond donors (Lipinski definition) is 0. The predicted molar refractivity (Wildman–Crippen MR) is 54.6 cm³/mol. The van der Waals surface area contributed by atoms with Gasteiger partial charge in [0.2, 0.25) is 0 Å². The minimum Gasteiger partial charge on any atom is -0.452 e. The molecule has 1 unspecified atom stereocenters. The molecule has 0 fully saturated rings. The number of benzene rings is 1. The van der Waals surface area contributed by atoms with Crippen LogP contribution in [0.2, 0.25) is 0 Å². The Kier molecular flexibility index (Phi) is 2.50. The Labute approximate surface area is 85.0 Å². The zero-order valence-corrected chi connectivity index (χ0v) is 8.58. The highest BCUT2D eigenvalue weighted by Crippen LogP contribution is 2.17. The monoisotopic (exact) mass is 206 g/mol. The van der Waals surface area contributed by atoms with Crippen molar-refractivity contribution in [3.63, 3.8) is 0 Å². The average molecular weight is 206 g/mol. The van der Waals surface area contributed by atoms with Crippen molar-refractivity contribution < 1.29 is 8.63 Å². The van der Waals surface area contributed by atoms with Crippen LogP contribution in [0.3, 0.4) is 0 Å². The summed E-state index contributed by atoms with van der Waals surface area (Å²) in [5.41, 5.74) is 0. The Morgan fingerprint density at radius 3 is 2.36 bits per heavy atom. The van der Waals surface area contributed by atoms with E-state index in [1.54, 1.807) is 6.07 Å². The number of aryl methyl sites for hydroxylation is 1. The number of rotatable bonds is 2. The largest absolute Gasteiger partial charge is 0.452 e. The molecule has 0 aliphatic rings. The van der Waals surface area contributed by atoms with Crippen molar-refractivity contribution in [2.75, 3.05) is 0 Å². The smallest absolute Gasteiger partial charge is 0.195 e. The first kappa shape index (κ1) is 9.21. The van der Waals surface area contributed by atoms with E-state index >= 15 is 0 Å². The SMILES string of the molecule is Cc1ccc(S(=O)c2ccccc2)o1. The highest BCUT2D eigenvalue weighted by Gasteiger charge is 2.09. The molecule has 0 radical (unpaired) electrons. The van der Waals surface area contributed by atoms with E-state index in [4.69, 9.17) is 4.42 Å². The molecule has 0 saturated heterocycles. The molecule has 2 nitrogen and oxygen atoms in total. The van der Waals surface area contributed by atoms with E-state index in [9.17, 15) is 4.21 Å².